The highest BCUT2D eigenvalue weighted by Gasteiger charge is 2.29. The molecule has 92 valence electrons. The van der Waals surface area contributed by atoms with Gasteiger partial charge in [0, 0.05) is 12.5 Å². The maximum absolute atomic E-state index is 11.3. The van der Waals surface area contributed by atoms with E-state index < -0.39 is 5.97 Å². The van der Waals surface area contributed by atoms with E-state index in [0.29, 0.717) is 12.8 Å². The fourth-order valence-electron chi connectivity index (χ4n) is 2.09. The van der Waals surface area contributed by atoms with Crippen molar-refractivity contribution in [1.82, 2.24) is 10.2 Å². The average Bonchev–Trinajstić information content (AvgIpc) is 2.17. The first-order valence-corrected chi connectivity index (χ1v) is 5.65. The average molecular weight is 228 g/mol. The number of carboxylic acids is 1. The number of piperidine rings is 1. The summed E-state index contributed by atoms with van der Waals surface area (Å²) >= 11 is 0. The van der Waals surface area contributed by atoms with Crippen LogP contribution in [0, 0.1) is 5.92 Å². The van der Waals surface area contributed by atoms with E-state index in [1.54, 1.807) is 0 Å². The van der Waals surface area contributed by atoms with E-state index in [0.717, 1.165) is 13.0 Å². The first kappa shape index (κ1) is 13.0. The van der Waals surface area contributed by atoms with E-state index in [1.165, 1.54) is 0 Å². The highest BCUT2D eigenvalue weighted by Crippen LogP contribution is 2.22. The quantitative estimate of drug-likeness (QED) is 0.710. The van der Waals surface area contributed by atoms with Gasteiger partial charge in [-0.1, -0.05) is 0 Å². The van der Waals surface area contributed by atoms with Crippen LogP contribution in [0.4, 0.5) is 0 Å². The van der Waals surface area contributed by atoms with Crippen molar-refractivity contribution in [1.29, 1.82) is 0 Å². The molecule has 0 aromatic heterocycles. The molecule has 0 bridgehead atoms. The van der Waals surface area contributed by atoms with Gasteiger partial charge in [0.1, 0.15) is 0 Å². The minimum atomic E-state index is -0.781. The molecule has 1 heterocycles. The van der Waals surface area contributed by atoms with Crippen molar-refractivity contribution in [2.75, 3.05) is 20.6 Å². The van der Waals surface area contributed by atoms with Crippen molar-refractivity contribution in [3.8, 4) is 0 Å². The second-order valence-electron chi connectivity index (χ2n) is 4.66. The topological polar surface area (TPSA) is 69.6 Å². The number of nitrogens with one attached hydrogen (secondary N) is 1. The summed E-state index contributed by atoms with van der Waals surface area (Å²) in [6, 6.07) is 0.0137. The minimum absolute atomic E-state index is 0.0137. The molecule has 1 aliphatic rings. The largest absolute Gasteiger partial charge is 0.481 e. The molecule has 2 N–H and O–H groups in total. The Hall–Kier alpha value is -1.10. The van der Waals surface area contributed by atoms with Gasteiger partial charge in [0.15, 0.2) is 0 Å². The van der Waals surface area contributed by atoms with E-state index in [4.69, 9.17) is 5.11 Å². The molecule has 0 spiro atoms. The highest BCUT2D eigenvalue weighted by atomic mass is 16.4. The van der Waals surface area contributed by atoms with Gasteiger partial charge in [-0.2, -0.15) is 0 Å². The maximum Gasteiger partial charge on any atom is 0.303 e. The van der Waals surface area contributed by atoms with Crippen LogP contribution in [0.2, 0.25) is 0 Å². The van der Waals surface area contributed by atoms with Crippen LogP contribution in [0.25, 0.3) is 0 Å². The molecule has 0 aromatic rings. The van der Waals surface area contributed by atoms with Crippen molar-refractivity contribution >= 4 is 11.9 Å². The first-order valence-electron chi connectivity index (χ1n) is 5.65. The standard InChI is InChI=1S/C11H20N2O3/c1-13(2)6-5-9-8(7-11(15)16)3-4-10(14)12-9/h8-9H,3-7H2,1-2H3,(H,12,14)(H,15,16)/t8-,9-/m1/s1. The molecule has 0 aliphatic carbocycles. The Balaban J connectivity index is 2.50. The van der Waals surface area contributed by atoms with Crippen LogP contribution in [0.5, 0.6) is 0 Å². The van der Waals surface area contributed by atoms with Gasteiger partial charge >= 0.3 is 5.97 Å². The van der Waals surface area contributed by atoms with Gasteiger partial charge in [-0.3, -0.25) is 9.59 Å². The Morgan fingerprint density at radius 1 is 1.56 bits per heavy atom. The third-order valence-electron chi connectivity index (χ3n) is 2.98. The lowest BCUT2D eigenvalue weighted by atomic mass is 9.86. The molecule has 1 rings (SSSR count). The van der Waals surface area contributed by atoms with Crippen molar-refractivity contribution in [2.24, 2.45) is 5.92 Å². The maximum atomic E-state index is 11.3. The smallest absolute Gasteiger partial charge is 0.303 e. The Morgan fingerprint density at radius 2 is 2.25 bits per heavy atom. The number of aliphatic carboxylic acids is 1. The van der Waals surface area contributed by atoms with Crippen molar-refractivity contribution in [2.45, 2.75) is 31.7 Å². The van der Waals surface area contributed by atoms with Gasteiger partial charge < -0.3 is 15.3 Å². The molecular formula is C11H20N2O3. The van der Waals surface area contributed by atoms with Crippen LogP contribution >= 0.6 is 0 Å². The van der Waals surface area contributed by atoms with Crippen LogP contribution < -0.4 is 5.32 Å². The summed E-state index contributed by atoms with van der Waals surface area (Å²) in [4.78, 5) is 24.0. The normalized spacial score (nSPS) is 25.6. The molecule has 1 saturated heterocycles. The van der Waals surface area contributed by atoms with E-state index in [-0.39, 0.29) is 24.3 Å². The third-order valence-corrected chi connectivity index (χ3v) is 2.98. The predicted molar refractivity (Wildman–Crippen MR) is 60.1 cm³/mol. The van der Waals surface area contributed by atoms with Gasteiger partial charge in [-0.05, 0) is 39.4 Å². The predicted octanol–water partition coefficient (Wildman–Crippen LogP) is 0.308. The molecule has 0 saturated carbocycles. The van der Waals surface area contributed by atoms with Crippen molar-refractivity contribution in [3.05, 3.63) is 0 Å². The lowest BCUT2D eigenvalue weighted by Gasteiger charge is -2.32. The number of carboxylic acid groups (broad SMARTS) is 1. The number of nitrogens with zero attached hydrogens (tertiary/aromatic N) is 1. The monoisotopic (exact) mass is 228 g/mol. The van der Waals surface area contributed by atoms with Gasteiger partial charge in [0.05, 0.1) is 6.42 Å². The Bertz CT molecular complexity index is 266. The van der Waals surface area contributed by atoms with E-state index in [9.17, 15) is 9.59 Å². The molecule has 1 amide bonds. The summed E-state index contributed by atoms with van der Waals surface area (Å²) in [5, 5.41) is 11.7. The molecule has 0 unspecified atom stereocenters. The van der Waals surface area contributed by atoms with Crippen molar-refractivity contribution in [3.63, 3.8) is 0 Å². The van der Waals surface area contributed by atoms with Crippen LogP contribution in [0.3, 0.4) is 0 Å². The van der Waals surface area contributed by atoms with Crippen LogP contribution in [0.15, 0.2) is 0 Å². The zero-order valence-electron chi connectivity index (χ0n) is 9.90. The van der Waals surface area contributed by atoms with Crippen LogP contribution in [-0.2, 0) is 9.59 Å². The fraction of sp³-hybridized carbons (Fsp3) is 0.818. The summed E-state index contributed by atoms with van der Waals surface area (Å²) in [6.45, 7) is 0.862. The van der Waals surface area contributed by atoms with Gasteiger partial charge in [0.25, 0.3) is 0 Å². The van der Waals surface area contributed by atoms with Gasteiger partial charge in [-0.25, -0.2) is 0 Å². The number of amides is 1. The number of hydrogen-bond donors (Lipinski definition) is 2. The molecule has 1 fully saturated rings. The van der Waals surface area contributed by atoms with Crippen LogP contribution in [-0.4, -0.2) is 48.6 Å². The summed E-state index contributed by atoms with van der Waals surface area (Å²) in [5.74, 6) is -0.656. The van der Waals surface area contributed by atoms with E-state index in [2.05, 4.69) is 5.32 Å². The molecule has 1 aliphatic heterocycles. The molecule has 0 aromatic carbocycles. The second-order valence-corrected chi connectivity index (χ2v) is 4.66. The van der Waals surface area contributed by atoms with Crippen molar-refractivity contribution < 1.29 is 14.7 Å². The van der Waals surface area contributed by atoms with Gasteiger partial charge in [0.2, 0.25) is 5.91 Å². The molecule has 5 heteroatoms. The number of hydrogen-bond acceptors (Lipinski definition) is 3. The molecule has 5 nitrogen and oxygen atoms in total. The number of rotatable bonds is 5. The van der Waals surface area contributed by atoms with Gasteiger partial charge in [-0.15, -0.1) is 0 Å². The third kappa shape index (κ3) is 4.18. The van der Waals surface area contributed by atoms with E-state index in [1.807, 2.05) is 19.0 Å². The summed E-state index contributed by atoms with van der Waals surface area (Å²) in [6.07, 6.45) is 2.11. The lowest BCUT2D eigenvalue weighted by molar-refractivity contribution is -0.139. The number of carbonyl (C=O) groups excluding carboxylic acids is 1. The molecule has 2 atom stereocenters. The molecule has 0 radical (unpaired) electrons. The first-order chi connectivity index (χ1) is 7.49. The fourth-order valence-corrected chi connectivity index (χ4v) is 2.09. The van der Waals surface area contributed by atoms with E-state index >= 15 is 0 Å². The zero-order valence-corrected chi connectivity index (χ0v) is 9.90. The molecule has 16 heavy (non-hydrogen) atoms. The highest BCUT2D eigenvalue weighted by molar-refractivity contribution is 5.77. The Kier molecular flexibility index (Phi) is 4.73. The summed E-state index contributed by atoms with van der Waals surface area (Å²) < 4.78 is 0. The number of carbonyl (C=O) groups is 2. The Labute approximate surface area is 95.8 Å². The van der Waals surface area contributed by atoms with Crippen LogP contribution in [0.1, 0.15) is 25.7 Å². The minimum Gasteiger partial charge on any atom is -0.481 e. The summed E-state index contributed by atoms with van der Waals surface area (Å²) in [5.41, 5.74) is 0. The second kappa shape index (κ2) is 5.84. The molecular weight excluding hydrogens is 208 g/mol. The summed E-state index contributed by atoms with van der Waals surface area (Å²) in [7, 11) is 3.94. The lowest BCUT2D eigenvalue weighted by Crippen LogP contribution is -2.46. The zero-order chi connectivity index (χ0) is 12.1. The Morgan fingerprint density at radius 3 is 2.81 bits per heavy atom. The SMILES string of the molecule is CN(C)CC[C@H]1NC(=O)CC[C@@H]1CC(=O)O.